The third-order valence-corrected chi connectivity index (χ3v) is 2.15. The fourth-order valence-electron chi connectivity index (χ4n) is 1.28. The van der Waals surface area contributed by atoms with Crippen molar-refractivity contribution in [1.29, 1.82) is 0 Å². The van der Waals surface area contributed by atoms with Crippen LogP contribution in [0.3, 0.4) is 0 Å². The van der Waals surface area contributed by atoms with Gasteiger partial charge in [0.25, 0.3) is 0 Å². The van der Waals surface area contributed by atoms with Gasteiger partial charge in [-0.2, -0.15) is 0 Å². The van der Waals surface area contributed by atoms with Gasteiger partial charge in [-0.05, 0) is 24.1 Å². The molecule has 0 atom stereocenters. The van der Waals surface area contributed by atoms with Gasteiger partial charge in [-0.1, -0.05) is 26.5 Å². The van der Waals surface area contributed by atoms with Crippen LogP contribution in [0.2, 0.25) is 0 Å². The van der Waals surface area contributed by atoms with Crippen molar-refractivity contribution in [2.24, 2.45) is 5.92 Å². The molecule has 18 heavy (non-hydrogen) atoms. The Bertz CT molecular complexity index is 427. The number of esters is 1. The van der Waals surface area contributed by atoms with Gasteiger partial charge in [0, 0.05) is 0 Å². The number of hydrogen-bond acceptors (Lipinski definition) is 4. The van der Waals surface area contributed by atoms with Crippen LogP contribution in [0.4, 0.5) is 5.69 Å². The number of carbonyl (C=O) groups excluding carboxylic acids is 1. The van der Waals surface area contributed by atoms with Gasteiger partial charge >= 0.3 is 5.97 Å². The number of rotatable bonds is 6. The highest BCUT2D eigenvalue weighted by Crippen LogP contribution is 2.23. The Morgan fingerprint density at radius 3 is 2.78 bits per heavy atom. The average Bonchev–Trinajstić information content (AvgIpc) is 2.34. The van der Waals surface area contributed by atoms with E-state index >= 15 is 0 Å². The van der Waals surface area contributed by atoms with Crippen LogP contribution in [-0.4, -0.2) is 19.2 Å². The van der Waals surface area contributed by atoms with Crippen molar-refractivity contribution in [2.75, 3.05) is 18.9 Å². The average molecular weight is 249 g/mol. The molecule has 0 fully saturated rings. The summed E-state index contributed by atoms with van der Waals surface area (Å²) in [5.74, 6) is 0.475. The molecule has 0 spiro atoms. The first-order chi connectivity index (χ1) is 8.54. The van der Waals surface area contributed by atoms with E-state index in [1.165, 1.54) is 0 Å². The molecular weight excluding hydrogens is 230 g/mol. The van der Waals surface area contributed by atoms with Crippen molar-refractivity contribution in [2.45, 2.75) is 13.8 Å². The summed E-state index contributed by atoms with van der Waals surface area (Å²) >= 11 is 0. The zero-order valence-corrected chi connectivity index (χ0v) is 10.8. The standard InChI is InChI=1S/C14H19NO3/c1-4-7-17-13-6-5-11(8-12(13)15)14(16)18-9-10(2)3/h4-6,8,10H,1,7,9,15H2,2-3H3. The maximum absolute atomic E-state index is 11.7. The molecule has 1 aromatic carbocycles. The number of ether oxygens (including phenoxy) is 2. The molecule has 1 rings (SSSR count). The van der Waals surface area contributed by atoms with Crippen LogP contribution in [-0.2, 0) is 4.74 Å². The monoisotopic (exact) mass is 249 g/mol. The van der Waals surface area contributed by atoms with Crippen molar-refractivity contribution >= 4 is 11.7 Å². The number of nitrogen functional groups attached to an aromatic ring is 1. The molecule has 0 amide bonds. The summed E-state index contributed by atoms with van der Waals surface area (Å²) in [4.78, 5) is 11.7. The Morgan fingerprint density at radius 1 is 1.50 bits per heavy atom. The summed E-state index contributed by atoms with van der Waals surface area (Å²) in [6.07, 6.45) is 1.63. The number of anilines is 1. The summed E-state index contributed by atoms with van der Waals surface area (Å²) in [5.41, 5.74) is 6.63. The predicted molar refractivity (Wildman–Crippen MR) is 71.7 cm³/mol. The van der Waals surface area contributed by atoms with Gasteiger partial charge in [-0.3, -0.25) is 0 Å². The SMILES string of the molecule is C=CCOc1ccc(C(=O)OCC(C)C)cc1N. The van der Waals surface area contributed by atoms with E-state index in [0.717, 1.165) is 0 Å². The smallest absolute Gasteiger partial charge is 0.338 e. The molecule has 0 radical (unpaired) electrons. The highest BCUT2D eigenvalue weighted by atomic mass is 16.5. The van der Waals surface area contributed by atoms with Crippen LogP contribution >= 0.6 is 0 Å². The number of hydrogen-bond donors (Lipinski definition) is 1. The molecule has 4 heteroatoms. The molecule has 0 aromatic heterocycles. The van der Waals surface area contributed by atoms with Crippen molar-refractivity contribution in [3.63, 3.8) is 0 Å². The summed E-state index contributed by atoms with van der Waals surface area (Å²) in [6.45, 7) is 8.28. The minimum Gasteiger partial charge on any atom is -0.487 e. The second-order valence-corrected chi connectivity index (χ2v) is 4.34. The van der Waals surface area contributed by atoms with Crippen molar-refractivity contribution in [1.82, 2.24) is 0 Å². The van der Waals surface area contributed by atoms with E-state index in [2.05, 4.69) is 6.58 Å². The molecule has 0 unspecified atom stereocenters. The minimum absolute atomic E-state index is 0.307. The van der Waals surface area contributed by atoms with Crippen LogP contribution in [0.25, 0.3) is 0 Å². The summed E-state index contributed by atoms with van der Waals surface area (Å²) < 4.78 is 10.4. The topological polar surface area (TPSA) is 61.5 Å². The van der Waals surface area contributed by atoms with E-state index in [0.29, 0.717) is 36.1 Å². The molecule has 0 saturated carbocycles. The van der Waals surface area contributed by atoms with Crippen LogP contribution in [0.1, 0.15) is 24.2 Å². The molecule has 0 heterocycles. The second-order valence-electron chi connectivity index (χ2n) is 4.34. The van der Waals surface area contributed by atoms with Gasteiger partial charge < -0.3 is 15.2 Å². The maximum Gasteiger partial charge on any atom is 0.338 e. The highest BCUT2D eigenvalue weighted by molar-refractivity contribution is 5.91. The Kier molecular flexibility index (Phi) is 5.24. The Balaban J connectivity index is 2.71. The molecule has 2 N–H and O–H groups in total. The van der Waals surface area contributed by atoms with Gasteiger partial charge in [-0.25, -0.2) is 4.79 Å². The van der Waals surface area contributed by atoms with E-state index in [1.54, 1.807) is 24.3 Å². The number of nitrogens with two attached hydrogens (primary N) is 1. The van der Waals surface area contributed by atoms with E-state index < -0.39 is 0 Å². The molecule has 0 bridgehead atoms. The second kappa shape index (κ2) is 6.69. The van der Waals surface area contributed by atoms with Gasteiger partial charge in [-0.15, -0.1) is 0 Å². The fraction of sp³-hybridized carbons (Fsp3) is 0.357. The highest BCUT2D eigenvalue weighted by Gasteiger charge is 2.10. The molecule has 0 saturated heterocycles. The van der Waals surface area contributed by atoms with Crippen LogP contribution in [0.5, 0.6) is 5.75 Å². The van der Waals surface area contributed by atoms with Crippen LogP contribution in [0.15, 0.2) is 30.9 Å². The van der Waals surface area contributed by atoms with Gasteiger partial charge in [0.15, 0.2) is 0 Å². The van der Waals surface area contributed by atoms with E-state index in [4.69, 9.17) is 15.2 Å². The molecule has 0 aliphatic carbocycles. The quantitative estimate of drug-likeness (QED) is 0.478. The third-order valence-electron chi connectivity index (χ3n) is 2.15. The lowest BCUT2D eigenvalue weighted by molar-refractivity contribution is 0.0459. The Morgan fingerprint density at radius 2 is 2.22 bits per heavy atom. The Labute approximate surface area is 107 Å². The van der Waals surface area contributed by atoms with Crippen LogP contribution < -0.4 is 10.5 Å². The first kappa shape index (κ1) is 14.1. The lowest BCUT2D eigenvalue weighted by Gasteiger charge is -2.10. The molecular formula is C14H19NO3. The zero-order valence-electron chi connectivity index (χ0n) is 10.8. The number of carbonyl (C=O) groups is 1. The van der Waals surface area contributed by atoms with E-state index in [1.807, 2.05) is 13.8 Å². The molecule has 0 aliphatic rings. The zero-order chi connectivity index (χ0) is 13.5. The normalized spacial score (nSPS) is 10.2. The van der Waals surface area contributed by atoms with E-state index in [-0.39, 0.29) is 5.97 Å². The summed E-state index contributed by atoms with van der Waals surface area (Å²) in [7, 11) is 0. The van der Waals surface area contributed by atoms with Crippen LogP contribution in [0, 0.1) is 5.92 Å². The lowest BCUT2D eigenvalue weighted by Crippen LogP contribution is -2.10. The number of benzene rings is 1. The molecule has 0 aliphatic heterocycles. The third kappa shape index (κ3) is 4.13. The maximum atomic E-state index is 11.7. The van der Waals surface area contributed by atoms with Crippen molar-refractivity contribution < 1.29 is 14.3 Å². The van der Waals surface area contributed by atoms with Gasteiger partial charge in [0.05, 0.1) is 17.9 Å². The fourth-order valence-corrected chi connectivity index (χ4v) is 1.28. The van der Waals surface area contributed by atoms with Gasteiger partial charge in [0.2, 0.25) is 0 Å². The summed E-state index contributed by atoms with van der Waals surface area (Å²) in [6, 6.07) is 4.85. The Hall–Kier alpha value is -1.97. The van der Waals surface area contributed by atoms with E-state index in [9.17, 15) is 4.79 Å². The van der Waals surface area contributed by atoms with Crippen molar-refractivity contribution in [3.05, 3.63) is 36.4 Å². The summed E-state index contributed by atoms with van der Waals surface area (Å²) in [5, 5.41) is 0. The first-order valence-corrected chi connectivity index (χ1v) is 5.85. The predicted octanol–water partition coefficient (Wildman–Crippen LogP) is 2.65. The van der Waals surface area contributed by atoms with Crippen molar-refractivity contribution in [3.8, 4) is 5.75 Å². The molecule has 98 valence electrons. The lowest BCUT2D eigenvalue weighted by atomic mass is 10.2. The molecule has 1 aromatic rings. The minimum atomic E-state index is -0.370. The largest absolute Gasteiger partial charge is 0.487 e. The van der Waals surface area contributed by atoms with Gasteiger partial charge in [0.1, 0.15) is 12.4 Å². The molecule has 4 nitrogen and oxygen atoms in total. The first-order valence-electron chi connectivity index (χ1n) is 5.85.